The Kier molecular flexibility index (Phi) is 5.77. The first kappa shape index (κ1) is 17.0. The quantitative estimate of drug-likeness (QED) is 0.713. The number of halogens is 1. The molecule has 0 saturated heterocycles. The predicted molar refractivity (Wildman–Crippen MR) is 93.0 cm³/mol. The van der Waals surface area contributed by atoms with Gasteiger partial charge in [-0.25, -0.2) is 4.79 Å². The number of fused-ring (bicyclic) bond motifs is 1. The molecule has 23 heavy (non-hydrogen) atoms. The van der Waals surface area contributed by atoms with Gasteiger partial charge in [0.25, 0.3) is 0 Å². The summed E-state index contributed by atoms with van der Waals surface area (Å²) in [6.45, 7) is 4.00. The van der Waals surface area contributed by atoms with Gasteiger partial charge in [0.1, 0.15) is 0 Å². The molecule has 0 unspecified atom stereocenters. The highest BCUT2D eigenvalue weighted by Crippen LogP contribution is 2.24. The van der Waals surface area contributed by atoms with Crippen molar-refractivity contribution in [2.45, 2.75) is 20.3 Å². The van der Waals surface area contributed by atoms with Crippen LogP contribution in [0.1, 0.15) is 35.5 Å². The number of hydrogen-bond donors (Lipinski definition) is 1. The first-order valence-electron chi connectivity index (χ1n) is 7.46. The van der Waals surface area contributed by atoms with Crippen LogP contribution >= 0.6 is 11.6 Å². The zero-order chi connectivity index (χ0) is 16.8. The van der Waals surface area contributed by atoms with Gasteiger partial charge < -0.3 is 9.72 Å². The van der Waals surface area contributed by atoms with Gasteiger partial charge in [-0.1, -0.05) is 31.5 Å². The Morgan fingerprint density at radius 3 is 2.78 bits per heavy atom. The van der Waals surface area contributed by atoms with Crippen molar-refractivity contribution in [1.29, 1.82) is 0 Å². The van der Waals surface area contributed by atoms with Gasteiger partial charge in [0, 0.05) is 35.4 Å². The van der Waals surface area contributed by atoms with Crippen molar-refractivity contribution in [3.8, 4) is 0 Å². The number of H-pyrrole nitrogens is 1. The third-order valence-electron chi connectivity index (χ3n) is 3.32. The van der Waals surface area contributed by atoms with Crippen molar-refractivity contribution < 1.29 is 9.53 Å². The maximum absolute atomic E-state index is 11.5. The Hall–Kier alpha value is -2.33. The van der Waals surface area contributed by atoms with E-state index in [0.29, 0.717) is 17.0 Å². The lowest BCUT2D eigenvalue weighted by molar-refractivity contribution is 0.0600. The van der Waals surface area contributed by atoms with Gasteiger partial charge in [-0.15, -0.1) is 0 Å². The average molecular weight is 331 g/mol. The second-order valence-corrected chi connectivity index (χ2v) is 5.13. The first-order valence-corrected chi connectivity index (χ1v) is 7.84. The van der Waals surface area contributed by atoms with Crippen LogP contribution in [0.25, 0.3) is 10.9 Å². The molecule has 1 aromatic carbocycles. The number of nitrogens with zero attached hydrogens (tertiary/aromatic N) is 1. The Balaban J connectivity index is 0.000000924. The molecule has 0 aliphatic rings. The second-order valence-electron chi connectivity index (χ2n) is 4.72. The van der Waals surface area contributed by atoms with E-state index < -0.39 is 0 Å². The smallest absolute Gasteiger partial charge is 0.337 e. The van der Waals surface area contributed by atoms with Crippen molar-refractivity contribution in [3.63, 3.8) is 0 Å². The fourth-order valence-corrected chi connectivity index (χ4v) is 2.48. The van der Waals surface area contributed by atoms with Crippen molar-refractivity contribution in [1.82, 2.24) is 9.97 Å². The van der Waals surface area contributed by atoms with Gasteiger partial charge in [-0.3, -0.25) is 4.98 Å². The maximum atomic E-state index is 11.5. The number of hydrogen-bond acceptors (Lipinski definition) is 3. The van der Waals surface area contributed by atoms with Gasteiger partial charge in [0.05, 0.1) is 17.7 Å². The molecule has 0 atom stereocenters. The summed E-state index contributed by atoms with van der Waals surface area (Å²) < 4.78 is 4.72. The van der Waals surface area contributed by atoms with Crippen LogP contribution in [0, 0.1) is 0 Å². The molecule has 0 fully saturated rings. The molecule has 0 radical (unpaired) electrons. The highest BCUT2D eigenvalue weighted by atomic mass is 35.5. The number of carbonyl (C=O) groups excluding carboxylic acids is 1. The summed E-state index contributed by atoms with van der Waals surface area (Å²) in [5.41, 5.74) is 3.39. The number of pyridine rings is 1. The molecule has 0 amide bonds. The van der Waals surface area contributed by atoms with Gasteiger partial charge in [-0.2, -0.15) is 0 Å². The molecule has 0 saturated carbocycles. The first-order chi connectivity index (χ1) is 11.2. The van der Waals surface area contributed by atoms with E-state index in [2.05, 4.69) is 9.97 Å². The minimum Gasteiger partial charge on any atom is -0.465 e. The fourth-order valence-electron chi connectivity index (χ4n) is 2.27. The summed E-state index contributed by atoms with van der Waals surface area (Å²) >= 11 is 6.13. The van der Waals surface area contributed by atoms with Crippen molar-refractivity contribution in [2.24, 2.45) is 0 Å². The number of methoxy groups -OCH3 is 1. The van der Waals surface area contributed by atoms with E-state index in [1.807, 2.05) is 32.0 Å². The van der Waals surface area contributed by atoms with Crippen LogP contribution in [0.5, 0.6) is 0 Å². The largest absolute Gasteiger partial charge is 0.465 e. The van der Waals surface area contributed by atoms with E-state index in [4.69, 9.17) is 16.3 Å². The molecule has 3 aromatic rings. The molecule has 0 aliphatic heterocycles. The van der Waals surface area contributed by atoms with Gasteiger partial charge in [0.15, 0.2) is 0 Å². The fraction of sp³-hybridized carbons (Fsp3) is 0.222. The molecule has 3 rings (SSSR count). The zero-order valence-electron chi connectivity index (χ0n) is 13.4. The number of aromatic amines is 1. The standard InChI is InChI=1S/C16H13ClN2O2.C2H6/c1-21-16(20)11-4-5-18-12(8-11)6-10-2-3-15-13(7-10)14(17)9-19-15;1-2/h2-5,7-9,19H,6H2,1H3;1-2H3. The van der Waals surface area contributed by atoms with E-state index >= 15 is 0 Å². The highest BCUT2D eigenvalue weighted by Gasteiger charge is 2.08. The number of ether oxygens (including phenoxy) is 1. The highest BCUT2D eigenvalue weighted by molar-refractivity contribution is 6.35. The van der Waals surface area contributed by atoms with Crippen molar-refractivity contribution >= 4 is 28.5 Å². The van der Waals surface area contributed by atoms with Gasteiger partial charge >= 0.3 is 5.97 Å². The molecular formula is C18H19ClN2O2. The number of aromatic nitrogens is 2. The Morgan fingerprint density at radius 2 is 2.04 bits per heavy atom. The monoisotopic (exact) mass is 330 g/mol. The van der Waals surface area contributed by atoms with E-state index in [1.54, 1.807) is 24.5 Å². The Labute approximate surface area is 140 Å². The maximum Gasteiger partial charge on any atom is 0.337 e. The van der Waals surface area contributed by atoms with Gasteiger partial charge in [0.2, 0.25) is 0 Å². The van der Waals surface area contributed by atoms with Crippen LogP contribution < -0.4 is 0 Å². The molecule has 120 valence electrons. The average Bonchev–Trinajstić information content (AvgIpc) is 2.97. The van der Waals surface area contributed by atoms with E-state index in [-0.39, 0.29) is 5.97 Å². The lowest BCUT2D eigenvalue weighted by Crippen LogP contribution is -2.03. The summed E-state index contributed by atoms with van der Waals surface area (Å²) in [5.74, 6) is -0.359. The van der Waals surface area contributed by atoms with Gasteiger partial charge in [-0.05, 0) is 29.8 Å². The molecule has 0 spiro atoms. The Morgan fingerprint density at radius 1 is 1.26 bits per heavy atom. The molecular weight excluding hydrogens is 312 g/mol. The van der Waals surface area contributed by atoms with Crippen LogP contribution in [-0.2, 0) is 11.2 Å². The number of nitrogens with one attached hydrogen (secondary N) is 1. The molecule has 2 heterocycles. The number of carbonyl (C=O) groups is 1. The second kappa shape index (κ2) is 7.79. The number of benzene rings is 1. The van der Waals surface area contributed by atoms with E-state index in [1.165, 1.54) is 7.11 Å². The molecule has 4 nitrogen and oxygen atoms in total. The number of rotatable bonds is 3. The topological polar surface area (TPSA) is 55.0 Å². The minimum absolute atomic E-state index is 0.359. The molecule has 2 aromatic heterocycles. The van der Waals surface area contributed by atoms with Crippen LogP contribution in [0.4, 0.5) is 0 Å². The Bertz CT molecular complexity index is 812. The normalized spacial score (nSPS) is 10.1. The lowest BCUT2D eigenvalue weighted by atomic mass is 10.1. The van der Waals surface area contributed by atoms with Crippen LogP contribution in [0.15, 0.2) is 42.7 Å². The van der Waals surface area contributed by atoms with Crippen LogP contribution in [0.2, 0.25) is 5.02 Å². The van der Waals surface area contributed by atoms with E-state index in [0.717, 1.165) is 22.2 Å². The lowest BCUT2D eigenvalue weighted by Gasteiger charge is -2.04. The van der Waals surface area contributed by atoms with E-state index in [9.17, 15) is 4.79 Å². The summed E-state index contributed by atoms with van der Waals surface area (Å²) in [4.78, 5) is 18.9. The summed E-state index contributed by atoms with van der Waals surface area (Å²) in [6.07, 6.45) is 4.01. The predicted octanol–water partition coefficient (Wildman–Crippen LogP) is 4.62. The molecule has 0 bridgehead atoms. The number of esters is 1. The zero-order valence-corrected chi connectivity index (χ0v) is 14.1. The minimum atomic E-state index is -0.359. The van der Waals surface area contributed by atoms with Crippen LogP contribution in [-0.4, -0.2) is 23.0 Å². The van der Waals surface area contributed by atoms with Crippen molar-refractivity contribution in [2.75, 3.05) is 7.11 Å². The third-order valence-corrected chi connectivity index (χ3v) is 3.63. The SMILES string of the molecule is CC.COC(=O)c1ccnc(Cc2ccc3[nH]cc(Cl)c3c2)c1. The summed E-state index contributed by atoms with van der Waals surface area (Å²) in [6, 6.07) is 9.42. The third kappa shape index (κ3) is 3.90. The van der Waals surface area contributed by atoms with Crippen LogP contribution in [0.3, 0.4) is 0 Å². The molecule has 1 N–H and O–H groups in total. The molecule has 5 heteroatoms. The molecule has 0 aliphatic carbocycles. The van der Waals surface area contributed by atoms with Crippen molar-refractivity contribution in [3.05, 3.63) is 64.6 Å². The summed E-state index contributed by atoms with van der Waals surface area (Å²) in [7, 11) is 1.37. The summed E-state index contributed by atoms with van der Waals surface area (Å²) in [5, 5.41) is 1.68.